The summed E-state index contributed by atoms with van der Waals surface area (Å²) in [4.78, 5) is 18.6. The van der Waals surface area contributed by atoms with Crippen molar-refractivity contribution in [2.24, 2.45) is 0 Å². The molecular formula is C15H24ClN3OS. The second-order valence-corrected chi connectivity index (χ2v) is 6.23. The molecule has 1 unspecified atom stereocenters. The lowest BCUT2D eigenvalue weighted by Gasteiger charge is -2.27. The van der Waals surface area contributed by atoms with Gasteiger partial charge in [-0.15, -0.1) is 0 Å². The summed E-state index contributed by atoms with van der Waals surface area (Å²) in [6.45, 7) is 4.99. The molecule has 0 spiro atoms. The summed E-state index contributed by atoms with van der Waals surface area (Å²) in [6.07, 6.45) is 5.51. The molecule has 118 valence electrons. The van der Waals surface area contributed by atoms with Crippen LogP contribution in [0.15, 0.2) is 12.3 Å². The molecule has 0 aliphatic heterocycles. The summed E-state index contributed by atoms with van der Waals surface area (Å²) in [6, 6.07) is 1.95. The second-order valence-electron chi connectivity index (χ2n) is 4.91. The number of nitrogens with one attached hydrogen (secondary N) is 1. The molecule has 1 N–H and O–H groups in total. The lowest BCUT2D eigenvalue weighted by molar-refractivity contribution is 0.0744. The Bertz CT molecular complexity index is 470. The van der Waals surface area contributed by atoms with E-state index < -0.39 is 0 Å². The fourth-order valence-electron chi connectivity index (χ4n) is 2.00. The number of nitrogens with zero attached hydrogens (tertiary/aromatic N) is 2. The van der Waals surface area contributed by atoms with Gasteiger partial charge < -0.3 is 10.2 Å². The van der Waals surface area contributed by atoms with E-state index in [1.165, 1.54) is 6.20 Å². The topological polar surface area (TPSA) is 45.2 Å². The van der Waals surface area contributed by atoms with Crippen LogP contribution >= 0.6 is 23.4 Å². The number of amides is 1. The van der Waals surface area contributed by atoms with Crippen molar-refractivity contribution < 1.29 is 4.79 Å². The number of anilines is 1. The van der Waals surface area contributed by atoms with Gasteiger partial charge in [0.2, 0.25) is 0 Å². The van der Waals surface area contributed by atoms with E-state index in [0.717, 1.165) is 25.1 Å². The largest absolute Gasteiger partial charge is 0.370 e. The van der Waals surface area contributed by atoms with Gasteiger partial charge in [0.05, 0.1) is 10.6 Å². The van der Waals surface area contributed by atoms with E-state index in [4.69, 9.17) is 11.6 Å². The van der Waals surface area contributed by atoms with Gasteiger partial charge in [-0.05, 0) is 25.2 Å². The van der Waals surface area contributed by atoms with E-state index in [9.17, 15) is 4.79 Å². The van der Waals surface area contributed by atoms with Gasteiger partial charge in [0, 0.05) is 31.6 Å². The number of pyridine rings is 1. The van der Waals surface area contributed by atoms with Crippen LogP contribution in [0.4, 0.5) is 5.82 Å². The van der Waals surface area contributed by atoms with Crippen LogP contribution in [0.2, 0.25) is 5.02 Å². The molecule has 1 atom stereocenters. The first-order valence-electron chi connectivity index (χ1n) is 7.20. The number of hydrogen-bond acceptors (Lipinski definition) is 4. The highest BCUT2D eigenvalue weighted by Gasteiger charge is 2.22. The zero-order chi connectivity index (χ0) is 15.8. The number of thioether (sulfide) groups is 1. The molecule has 21 heavy (non-hydrogen) atoms. The number of rotatable bonds is 8. The molecule has 1 aromatic heterocycles. The molecule has 0 aliphatic rings. The normalized spacial score (nSPS) is 12.0. The Morgan fingerprint density at radius 3 is 2.81 bits per heavy atom. The van der Waals surface area contributed by atoms with Crippen molar-refractivity contribution >= 4 is 35.1 Å². The molecule has 6 heteroatoms. The molecule has 0 aromatic carbocycles. The van der Waals surface area contributed by atoms with Gasteiger partial charge in [0.25, 0.3) is 5.91 Å². The average Bonchev–Trinajstić information content (AvgIpc) is 2.50. The zero-order valence-corrected chi connectivity index (χ0v) is 14.7. The highest BCUT2D eigenvalue weighted by atomic mass is 35.5. The van der Waals surface area contributed by atoms with Gasteiger partial charge in [-0.1, -0.05) is 25.4 Å². The third-order valence-corrected chi connectivity index (χ3v) is 4.36. The number of hydrogen-bond donors (Lipinski definition) is 1. The van der Waals surface area contributed by atoms with Crippen molar-refractivity contribution in [2.75, 3.05) is 30.9 Å². The summed E-state index contributed by atoms with van der Waals surface area (Å²) in [5.41, 5.74) is 0.507. The van der Waals surface area contributed by atoms with Crippen molar-refractivity contribution in [3.63, 3.8) is 0 Å². The van der Waals surface area contributed by atoms with E-state index in [1.807, 2.05) is 13.3 Å². The van der Waals surface area contributed by atoms with Crippen molar-refractivity contribution in [3.8, 4) is 0 Å². The first-order chi connectivity index (χ1) is 10.0. The van der Waals surface area contributed by atoms with Crippen LogP contribution in [-0.2, 0) is 0 Å². The smallest absolute Gasteiger partial charge is 0.255 e. The Balaban J connectivity index is 2.94. The number of aromatic nitrogens is 1. The molecule has 0 fully saturated rings. The van der Waals surface area contributed by atoms with Gasteiger partial charge >= 0.3 is 0 Å². The van der Waals surface area contributed by atoms with Crippen molar-refractivity contribution in [1.29, 1.82) is 0 Å². The van der Waals surface area contributed by atoms with Crippen molar-refractivity contribution in [2.45, 2.75) is 32.7 Å². The summed E-state index contributed by atoms with van der Waals surface area (Å²) >= 11 is 7.89. The maximum Gasteiger partial charge on any atom is 0.255 e. The van der Waals surface area contributed by atoms with E-state index in [-0.39, 0.29) is 11.9 Å². The number of halogens is 1. The van der Waals surface area contributed by atoms with Crippen LogP contribution in [0, 0.1) is 0 Å². The summed E-state index contributed by atoms with van der Waals surface area (Å²) < 4.78 is 0. The summed E-state index contributed by atoms with van der Waals surface area (Å²) in [7, 11) is 1.84. The van der Waals surface area contributed by atoms with Gasteiger partial charge in [-0.2, -0.15) is 11.8 Å². The van der Waals surface area contributed by atoms with Gasteiger partial charge in [-0.25, -0.2) is 4.98 Å². The fraction of sp³-hybridized carbons (Fsp3) is 0.600. The maximum absolute atomic E-state index is 12.6. The van der Waals surface area contributed by atoms with E-state index >= 15 is 0 Å². The molecule has 0 aliphatic carbocycles. The van der Waals surface area contributed by atoms with E-state index in [0.29, 0.717) is 16.4 Å². The van der Waals surface area contributed by atoms with Crippen LogP contribution in [0.3, 0.4) is 0 Å². The van der Waals surface area contributed by atoms with Crippen LogP contribution in [0.5, 0.6) is 0 Å². The Kier molecular flexibility index (Phi) is 7.89. The lowest BCUT2D eigenvalue weighted by Crippen LogP contribution is -2.38. The Morgan fingerprint density at radius 1 is 1.52 bits per heavy atom. The van der Waals surface area contributed by atoms with Crippen LogP contribution in [0.1, 0.15) is 37.0 Å². The quantitative estimate of drug-likeness (QED) is 0.788. The summed E-state index contributed by atoms with van der Waals surface area (Å²) in [5, 5.41) is 3.58. The molecule has 1 aromatic rings. The van der Waals surface area contributed by atoms with E-state index in [2.05, 4.69) is 24.1 Å². The van der Waals surface area contributed by atoms with Gasteiger partial charge in [0.1, 0.15) is 5.82 Å². The molecule has 0 bridgehead atoms. The molecular weight excluding hydrogens is 306 g/mol. The monoisotopic (exact) mass is 329 g/mol. The minimum atomic E-state index is -0.0529. The van der Waals surface area contributed by atoms with Crippen LogP contribution in [0.25, 0.3) is 0 Å². The predicted molar refractivity (Wildman–Crippen MR) is 92.6 cm³/mol. The molecule has 4 nitrogen and oxygen atoms in total. The van der Waals surface area contributed by atoms with Crippen molar-refractivity contribution in [1.82, 2.24) is 9.88 Å². The van der Waals surface area contributed by atoms with E-state index in [1.54, 1.807) is 22.7 Å². The van der Waals surface area contributed by atoms with Gasteiger partial charge in [-0.3, -0.25) is 4.79 Å². The third kappa shape index (κ3) is 5.08. The first kappa shape index (κ1) is 18.1. The highest BCUT2D eigenvalue weighted by Crippen LogP contribution is 2.21. The molecule has 1 heterocycles. The van der Waals surface area contributed by atoms with Crippen LogP contribution < -0.4 is 5.32 Å². The Hall–Kier alpha value is -0.940. The molecule has 0 radical (unpaired) electrons. The number of carbonyl (C=O) groups excluding carboxylic acids is 1. The molecule has 1 amide bonds. The third-order valence-electron chi connectivity index (χ3n) is 3.34. The second kappa shape index (κ2) is 9.15. The van der Waals surface area contributed by atoms with Crippen LogP contribution in [-0.4, -0.2) is 47.4 Å². The maximum atomic E-state index is 12.6. The number of carbonyl (C=O) groups is 1. The van der Waals surface area contributed by atoms with Crippen molar-refractivity contribution in [3.05, 3.63) is 22.8 Å². The predicted octanol–water partition coefficient (Wildman–Crippen LogP) is 3.77. The molecule has 0 saturated carbocycles. The Labute approximate surface area is 136 Å². The zero-order valence-electron chi connectivity index (χ0n) is 13.1. The Morgan fingerprint density at radius 2 is 2.24 bits per heavy atom. The summed E-state index contributed by atoms with van der Waals surface area (Å²) in [5.74, 6) is 1.56. The standard InChI is InChI=1S/C15H24ClN3OS/c1-5-7-17-14-8-12(13(16)9-18-14)15(20)19(3)11(6-2)10-21-4/h8-9,11H,5-7,10H2,1-4H3,(H,17,18). The fourth-order valence-corrected chi connectivity index (χ4v) is 3.03. The van der Waals surface area contributed by atoms with Gasteiger partial charge in [0.15, 0.2) is 0 Å². The SMILES string of the molecule is CCCNc1cc(C(=O)N(C)C(CC)CSC)c(Cl)cn1. The minimum absolute atomic E-state index is 0.0529. The molecule has 0 saturated heterocycles. The minimum Gasteiger partial charge on any atom is -0.370 e. The average molecular weight is 330 g/mol. The lowest BCUT2D eigenvalue weighted by atomic mass is 10.1. The first-order valence-corrected chi connectivity index (χ1v) is 8.97. The highest BCUT2D eigenvalue weighted by molar-refractivity contribution is 7.98. The molecule has 1 rings (SSSR count).